The summed E-state index contributed by atoms with van der Waals surface area (Å²) in [6.07, 6.45) is 1.22. The van der Waals surface area contributed by atoms with Gasteiger partial charge in [-0.1, -0.05) is 64.5 Å². The lowest BCUT2D eigenvalue weighted by atomic mass is 10.1. The summed E-state index contributed by atoms with van der Waals surface area (Å²) in [4.78, 5) is 14.5. The van der Waals surface area contributed by atoms with Crippen molar-refractivity contribution in [3.63, 3.8) is 0 Å². The highest BCUT2D eigenvalue weighted by atomic mass is 79.9. The minimum absolute atomic E-state index is 0.129. The van der Waals surface area contributed by atoms with Gasteiger partial charge in [0.2, 0.25) is 5.91 Å². The molecule has 22 heavy (non-hydrogen) atoms. The van der Waals surface area contributed by atoms with Crippen molar-refractivity contribution in [1.82, 2.24) is 4.90 Å². The van der Waals surface area contributed by atoms with Crippen LogP contribution < -0.4 is 5.73 Å². The Bertz CT molecular complexity index is 601. The van der Waals surface area contributed by atoms with Crippen LogP contribution >= 0.6 is 15.9 Å². The van der Waals surface area contributed by atoms with Crippen LogP contribution in [0.1, 0.15) is 17.5 Å². The molecular formula is C18H21BrN2O. The molecule has 0 aliphatic heterocycles. The normalized spacial score (nSPS) is 10.5. The van der Waals surface area contributed by atoms with Crippen LogP contribution in [0, 0.1) is 0 Å². The molecule has 1 amide bonds. The van der Waals surface area contributed by atoms with Crippen LogP contribution in [0.2, 0.25) is 0 Å². The Kier molecular flexibility index (Phi) is 6.62. The van der Waals surface area contributed by atoms with Crippen LogP contribution in [0.3, 0.4) is 0 Å². The summed E-state index contributed by atoms with van der Waals surface area (Å²) in [6, 6.07) is 17.9. The van der Waals surface area contributed by atoms with Gasteiger partial charge in [0.05, 0.1) is 6.42 Å². The molecule has 116 valence electrons. The summed E-state index contributed by atoms with van der Waals surface area (Å²) in [6.45, 7) is 1.91. The van der Waals surface area contributed by atoms with Crippen LogP contribution in [0.25, 0.3) is 0 Å². The van der Waals surface area contributed by atoms with Crippen molar-refractivity contribution in [3.8, 4) is 0 Å². The quantitative estimate of drug-likeness (QED) is 0.822. The molecule has 3 nitrogen and oxygen atoms in total. The molecule has 2 rings (SSSR count). The fraction of sp³-hybridized carbons (Fsp3) is 0.278. The van der Waals surface area contributed by atoms with Crippen LogP contribution in [-0.2, 0) is 17.8 Å². The van der Waals surface area contributed by atoms with Crippen molar-refractivity contribution in [1.29, 1.82) is 0 Å². The fourth-order valence-electron chi connectivity index (χ4n) is 2.29. The van der Waals surface area contributed by atoms with Crippen LogP contribution in [0.15, 0.2) is 59.1 Å². The molecule has 4 heteroatoms. The van der Waals surface area contributed by atoms with Crippen LogP contribution in [-0.4, -0.2) is 23.9 Å². The van der Waals surface area contributed by atoms with Crippen molar-refractivity contribution in [2.24, 2.45) is 5.73 Å². The first kappa shape index (κ1) is 16.7. The van der Waals surface area contributed by atoms with Crippen molar-refractivity contribution < 1.29 is 4.79 Å². The number of halogens is 1. The Labute approximate surface area is 140 Å². The molecule has 0 saturated heterocycles. The standard InChI is InChI=1S/C18H21BrN2O/c19-17-10-5-4-9-16(17)13-18(22)21(12-6-11-20)14-15-7-2-1-3-8-15/h1-5,7-10H,6,11-14,20H2. The van der Waals surface area contributed by atoms with Gasteiger partial charge in [0.25, 0.3) is 0 Å². The molecule has 0 unspecified atom stereocenters. The monoisotopic (exact) mass is 360 g/mol. The lowest BCUT2D eigenvalue weighted by Gasteiger charge is -2.23. The van der Waals surface area contributed by atoms with Gasteiger partial charge in [-0.2, -0.15) is 0 Å². The highest BCUT2D eigenvalue weighted by molar-refractivity contribution is 9.10. The van der Waals surface area contributed by atoms with Gasteiger partial charge in [-0.3, -0.25) is 4.79 Å². The summed E-state index contributed by atoms with van der Waals surface area (Å²) in [7, 11) is 0. The molecule has 0 bridgehead atoms. The van der Waals surface area contributed by atoms with Gasteiger partial charge in [0.1, 0.15) is 0 Å². The molecule has 0 fully saturated rings. The predicted octanol–water partition coefficient (Wildman–Crippen LogP) is 3.37. The van der Waals surface area contributed by atoms with E-state index in [2.05, 4.69) is 15.9 Å². The molecule has 2 N–H and O–H groups in total. The Balaban J connectivity index is 2.07. The second-order valence-electron chi connectivity index (χ2n) is 5.21. The molecule has 0 heterocycles. The Morgan fingerprint density at radius 3 is 2.41 bits per heavy atom. The maximum atomic E-state index is 12.6. The van der Waals surface area contributed by atoms with Gasteiger partial charge in [-0.05, 0) is 30.2 Å². The average molecular weight is 361 g/mol. The number of nitrogens with two attached hydrogens (primary N) is 1. The lowest BCUT2D eigenvalue weighted by Crippen LogP contribution is -2.33. The summed E-state index contributed by atoms with van der Waals surface area (Å²) in [5.41, 5.74) is 7.75. The predicted molar refractivity (Wildman–Crippen MR) is 93.4 cm³/mol. The molecule has 0 spiro atoms. The minimum Gasteiger partial charge on any atom is -0.338 e. The van der Waals surface area contributed by atoms with E-state index in [1.807, 2.05) is 59.5 Å². The van der Waals surface area contributed by atoms with Crippen LogP contribution in [0.5, 0.6) is 0 Å². The van der Waals surface area contributed by atoms with Gasteiger partial charge >= 0.3 is 0 Å². The zero-order valence-electron chi connectivity index (χ0n) is 12.5. The third kappa shape index (κ3) is 4.97. The van der Waals surface area contributed by atoms with E-state index < -0.39 is 0 Å². The Morgan fingerprint density at radius 2 is 1.73 bits per heavy atom. The highest BCUT2D eigenvalue weighted by Gasteiger charge is 2.15. The first-order valence-electron chi connectivity index (χ1n) is 7.46. The second-order valence-corrected chi connectivity index (χ2v) is 6.07. The molecule has 0 saturated carbocycles. The first-order chi connectivity index (χ1) is 10.7. The maximum absolute atomic E-state index is 12.6. The van der Waals surface area contributed by atoms with Crippen molar-refractivity contribution in [2.45, 2.75) is 19.4 Å². The first-order valence-corrected chi connectivity index (χ1v) is 8.25. The number of rotatable bonds is 7. The van der Waals surface area contributed by atoms with Crippen LogP contribution in [0.4, 0.5) is 0 Å². The lowest BCUT2D eigenvalue weighted by molar-refractivity contribution is -0.131. The molecule has 2 aromatic carbocycles. The second kappa shape index (κ2) is 8.71. The topological polar surface area (TPSA) is 46.3 Å². The third-order valence-electron chi connectivity index (χ3n) is 3.50. The minimum atomic E-state index is 0.129. The van der Waals surface area contributed by atoms with E-state index in [9.17, 15) is 4.79 Å². The zero-order valence-corrected chi connectivity index (χ0v) is 14.1. The molecule has 0 atom stereocenters. The molecule has 0 aliphatic rings. The molecule has 0 aromatic heterocycles. The van der Waals surface area contributed by atoms with Gasteiger partial charge < -0.3 is 10.6 Å². The van der Waals surface area contributed by atoms with Gasteiger partial charge in [-0.15, -0.1) is 0 Å². The summed E-state index contributed by atoms with van der Waals surface area (Å²) >= 11 is 3.50. The zero-order chi connectivity index (χ0) is 15.8. The Morgan fingerprint density at radius 1 is 1.05 bits per heavy atom. The smallest absolute Gasteiger partial charge is 0.227 e. The van der Waals surface area contributed by atoms with E-state index in [1.54, 1.807) is 0 Å². The molecule has 0 radical (unpaired) electrons. The van der Waals surface area contributed by atoms with E-state index in [-0.39, 0.29) is 5.91 Å². The number of amides is 1. The SMILES string of the molecule is NCCCN(Cc1ccccc1)C(=O)Cc1ccccc1Br. The largest absolute Gasteiger partial charge is 0.338 e. The summed E-state index contributed by atoms with van der Waals surface area (Å²) < 4.78 is 0.974. The number of nitrogens with zero attached hydrogens (tertiary/aromatic N) is 1. The van der Waals surface area contributed by atoms with E-state index >= 15 is 0 Å². The third-order valence-corrected chi connectivity index (χ3v) is 4.27. The molecule has 2 aromatic rings. The van der Waals surface area contributed by atoms with Crippen molar-refractivity contribution in [2.75, 3.05) is 13.1 Å². The molecule has 0 aliphatic carbocycles. The highest BCUT2D eigenvalue weighted by Crippen LogP contribution is 2.18. The summed E-state index contributed by atoms with van der Waals surface area (Å²) in [5.74, 6) is 0.129. The fourth-order valence-corrected chi connectivity index (χ4v) is 2.72. The maximum Gasteiger partial charge on any atom is 0.227 e. The van der Waals surface area contributed by atoms with E-state index in [0.717, 1.165) is 22.0 Å². The number of carbonyl (C=O) groups excluding carboxylic acids is 1. The van der Waals surface area contributed by atoms with Crippen molar-refractivity contribution >= 4 is 21.8 Å². The van der Waals surface area contributed by atoms with Gasteiger partial charge in [0, 0.05) is 17.6 Å². The number of hydrogen-bond donors (Lipinski definition) is 1. The van der Waals surface area contributed by atoms with Gasteiger partial charge in [-0.25, -0.2) is 0 Å². The average Bonchev–Trinajstić information content (AvgIpc) is 2.54. The van der Waals surface area contributed by atoms with Crippen molar-refractivity contribution in [3.05, 3.63) is 70.2 Å². The Hall–Kier alpha value is -1.65. The molecular weight excluding hydrogens is 340 g/mol. The van der Waals surface area contributed by atoms with E-state index in [0.29, 0.717) is 26.1 Å². The number of benzene rings is 2. The van der Waals surface area contributed by atoms with E-state index in [4.69, 9.17) is 5.73 Å². The van der Waals surface area contributed by atoms with E-state index in [1.165, 1.54) is 0 Å². The van der Waals surface area contributed by atoms with Gasteiger partial charge in [0.15, 0.2) is 0 Å². The summed E-state index contributed by atoms with van der Waals surface area (Å²) in [5, 5.41) is 0. The number of hydrogen-bond acceptors (Lipinski definition) is 2. The number of carbonyl (C=O) groups is 1.